The minimum absolute atomic E-state index is 0.0167. The lowest BCUT2D eigenvalue weighted by molar-refractivity contribution is -0.146. The molecule has 15 heteroatoms. The quantitative estimate of drug-likeness (QED) is 0.0596. The van der Waals surface area contributed by atoms with Gasteiger partial charge in [-0.1, -0.05) is 77.1 Å². The van der Waals surface area contributed by atoms with Crippen molar-refractivity contribution in [3.8, 4) is 0 Å². The van der Waals surface area contributed by atoms with Gasteiger partial charge in [-0.25, -0.2) is 14.5 Å². The van der Waals surface area contributed by atoms with Crippen molar-refractivity contribution in [2.45, 2.75) is 131 Å². The predicted molar refractivity (Wildman–Crippen MR) is 237 cm³/mol. The maximum Gasteiger partial charge on any atom is 0.416 e. The van der Waals surface area contributed by atoms with Crippen LogP contribution in [0.15, 0.2) is 60.8 Å². The minimum Gasteiger partial charge on any atom is -0.461 e. The van der Waals surface area contributed by atoms with Crippen LogP contribution < -0.4 is 21.3 Å². The van der Waals surface area contributed by atoms with Crippen molar-refractivity contribution in [3.63, 3.8) is 0 Å². The van der Waals surface area contributed by atoms with Gasteiger partial charge in [-0.2, -0.15) is 0 Å². The summed E-state index contributed by atoms with van der Waals surface area (Å²) in [7, 11) is -2.52. The number of anilines is 1. The Bertz CT molecular complexity index is 2010. The highest BCUT2D eigenvalue weighted by atomic mass is 28.4. The Hall–Kier alpha value is -5.28. The summed E-state index contributed by atoms with van der Waals surface area (Å²) in [4.78, 5) is 82.7. The maximum absolute atomic E-state index is 14.5. The normalized spacial score (nSPS) is 17.4. The number of benzene rings is 2. The van der Waals surface area contributed by atoms with Gasteiger partial charge in [0.15, 0.2) is 20.3 Å². The van der Waals surface area contributed by atoms with E-state index in [0.29, 0.717) is 35.2 Å². The van der Waals surface area contributed by atoms with E-state index >= 15 is 0 Å². The SMILES string of the molecule is C=CCOC(=O)C[C@H](C(=O)N[C@@H](CCCNC(N)=O)C(=O)Cc1ccc(COC(=O)N2c3cc(C)c(C)cc3C(=O)N3C=C(C)C[C@H]3[C@@H]2O[Si](C)(C)C(C)(C)C)cc1)C(C)C. The average Bonchev–Trinajstić information content (AvgIpc) is 3.54. The highest BCUT2D eigenvalue weighted by Gasteiger charge is 2.50. The van der Waals surface area contributed by atoms with Crippen molar-refractivity contribution in [2.24, 2.45) is 17.6 Å². The van der Waals surface area contributed by atoms with Crippen LogP contribution in [-0.4, -0.2) is 80.4 Å². The number of ether oxygens (including phenoxy) is 2. The first-order chi connectivity index (χ1) is 28.5. The highest BCUT2D eigenvalue weighted by Crippen LogP contribution is 2.43. The Balaban J connectivity index is 1.54. The fourth-order valence-electron chi connectivity index (χ4n) is 7.12. The molecule has 4 N–H and O–H groups in total. The largest absolute Gasteiger partial charge is 0.461 e. The molecule has 0 spiro atoms. The number of nitrogens with zero attached hydrogens (tertiary/aromatic N) is 2. The third-order valence-corrected chi connectivity index (χ3v) is 16.4. The lowest BCUT2D eigenvalue weighted by atomic mass is 9.90. The number of fused-ring (bicyclic) bond motifs is 2. The Morgan fingerprint density at radius 3 is 2.25 bits per heavy atom. The van der Waals surface area contributed by atoms with Crippen LogP contribution >= 0.6 is 0 Å². The second-order valence-electron chi connectivity index (χ2n) is 18.1. The smallest absolute Gasteiger partial charge is 0.416 e. The van der Waals surface area contributed by atoms with Gasteiger partial charge in [-0.15, -0.1) is 0 Å². The first-order valence-electron chi connectivity index (χ1n) is 21.0. The van der Waals surface area contributed by atoms with Crippen LogP contribution in [0.5, 0.6) is 0 Å². The van der Waals surface area contributed by atoms with Gasteiger partial charge < -0.3 is 35.2 Å². The molecule has 0 saturated carbocycles. The molecule has 5 amide bonds. The van der Waals surface area contributed by atoms with Crippen molar-refractivity contribution in [1.82, 2.24) is 15.5 Å². The van der Waals surface area contributed by atoms with Crippen molar-refractivity contribution < 1.29 is 42.7 Å². The number of esters is 1. The van der Waals surface area contributed by atoms with Gasteiger partial charge >= 0.3 is 18.1 Å². The molecule has 61 heavy (non-hydrogen) atoms. The second kappa shape index (κ2) is 20.5. The summed E-state index contributed by atoms with van der Waals surface area (Å²) in [6.07, 6.45) is 2.80. The topological polar surface area (TPSA) is 187 Å². The molecule has 0 bridgehead atoms. The van der Waals surface area contributed by atoms with E-state index in [1.54, 1.807) is 29.2 Å². The van der Waals surface area contributed by atoms with Crippen molar-refractivity contribution in [3.05, 3.63) is 88.6 Å². The van der Waals surface area contributed by atoms with Gasteiger partial charge in [0.05, 0.1) is 35.7 Å². The van der Waals surface area contributed by atoms with E-state index in [4.69, 9.17) is 19.6 Å². The first-order valence-corrected chi connectivity index (χ1v) is 23.9. The predicted octanol–water partition coefficient (Wildman–Crippen LogP) is 7.36. The molecular formula is C46H65N5O9Si. The molecular weight excluding hydrogens is 795 g/mol. The summed E-state index contributed by atoms with van der Waals surface area (Å²) in [5, 5.41) is 5.16. The number of aryl methyl sites for hydroxylation is 2. The van der Waals surface area contributed by atoms with Crippen LogP contribution in [0.2, 0.25) is 18.1 Å². The van der Waals surface area contributed by atoms with Crippen LogP contribution in [0.25, 0.3) is 0 Å². The lowest BCUT2D eigenvalue weighted by Crippen LogP contribution is -2.57. The Morgan fingerprint density at radius 2 is 1.64 bits per heavy atom. The molecule has 0 saturated heterocycles. The number of amides is 5. The highest BCUT2D eigenvalue weighted by molar-refractivity contribution is 6.74. The number of Topliss-reactive ketones (excluding diaryl/α,β-unsaturated/α-hetero) is 1. The molecule has 2 aromatic rings. The summed E-state index contributed by atoms with van der Waals surface area (Å²) in [5.41, 5.74) is 10.2. The number of rotatable bonds is 18. The number of ketones is 1. The number of urea groups is 1. The van der Waals surface area contributed by atoms with E-state index in [-0.39, 0.29) is 61.7 Å². The average molecular weight is 860 g/mol. The first kappa shape index (κ1) is 48.4. The Kier molecular flexibility index (Phi) is 16.3. The fraction of sp³-hybridized carbons (Fsp3) is 0.522. The third kappa shape index (κ3) is 12.4. The molecule has 2 aliphatic heterocycles. The van der Waals surface area contributed by atoms with Crippen LogP contribution in [0.1, 0.15) is 99.8 Å². The molecule has 0 aliphatic carbocycles. The summed E-state index contributed by atoms with van der Waals surface area (Å²) in [6, 6.07) is 8.71. The van der Waals surface area contributed by atoms with Gasteiger partial charge in [0.25, 0.3) is 5.91 Å². The fourth-order valence-corrected chi connectivity index (χ4v) is 8.34. The third-order valence-electron chi connectivity index (χ3n) is 11.9. The molecule has 2 heterocycles. The van der Waals surface area contributed by atoms with Crippen molar-refractivity contribution in [1.29, 1.82) is 0 Å². The van der Waals surface area contributed by atoms with Gasteiger partial charge in [0, 0.05) is 19.2 Å². The molecule has 0 aromatic heterocycles. The van der Waals surface area contributed by atoms with Gasteiger partial charge in [0.1, 0.15) is 13.2 Å². The second-order valence-corrected chi connectivity index (χ2v) is 22.8. The molecule has 4 rings (SSSR count). The molecule has 0 fully saturated rings. The summed E-state index contributed by atoms with van der Waals surface area (Å²) < 4.78 is 18.2. The van der Waals surface area contributed by atoms with Gasteiger partial charge in [-0.05, 0) is 98.5 Å². The van der Waals surface area contributed by atoms with Gasteiger partial charge in [-0.3, -0.25) is 19.2 Å². The van der Waals surface area contributed by atoms with E-state index in [9.17, 15) is 28.8 Å². The monoisotopic (exact) mass is 859 g/mol. The van der Waals surface area contributed by atoms with Crippen LogP contribution in [0.3, 0.4) is 0 Å². The zero-order valence-electron chi connectivity index (χ0n) is 37.5. The maximum atomic E-state index is 14.5. The number of nitrogens with two attached hydrogens (primary N) is 1. The van der Waals surface area contributed by atoms with Crippen LogP contribution in [0.4, 0.5) is 15.3 Å². The number of primary amides is 1. The molecule has 14 nitrogen and oxygen atoms in total. The van der Waals surface area contributed by atoms with E-state index in [1.807, 2.05) is 53.0 Å². The van der Waals surface area contributed by atoms with E-state index in [2.05, 4.69) is 51.1 Å². The summed E-state index contributed by atoms with van der Waals surface area (Å²) >= 11 is 0. The molecule has 0 unspecified atom stereocenters. The summed E-state index contributed by atoms with van der Waals surface area (Å²) in [5.74, 6) is -2.41. The van der Waals surface area contributed by atoms with Crippen molar-refractivity contribution >= 4 is 49.7 Å². The number of nitrogens with one attached hydrogen (secondary N) is 2. The van der Waals surface area contributed by atoms with Crippen LogP contribution in [0, 0.1) is 25.7 Å². The number of carbonyl (C=O) groups is 6. The zero-order valence-corrected chi connectivity index (χ0v) is 38.5. The van der Waals surface area contributed by atoms with E-state index in [1.165, 1.54) is 11.0 Å². The molecule has 4 atom stereocenters. The van der Waals surface area contributed by atoms with Crippen molar-refractivity contribution in [2.75, 3.05) is 18.1 Å². The molecule has 0 radical (unpaired) electrons. The standard InChI is InChI=1S/C46H65N5O9Si/c1-12-20-58-40(53)25-34(28(2)3)41(54)49-36(14-13-19-48-44(47)56)39(52)24-32-15-17-33(18-16-32)27-59-45(57)51-37-23-31(6)30(5)22-35(37)42(55)50-26-29(4)21-38(50)43(51)60-61(10,11)46(7,8)9/h12,15-18,22-23,26,28,34,36,38,43H,1,13-14,19-21,24-25,27H2,2-11H3,(H,49,54)(H3,47,48,56)/t34-,36-,38-,43-/m0/s1. The minimum atomic E-state index is -2.52. The van der Waals surface area contributed by atoms with Gasteiger partial charge in [0.2, 0.25) is 5.91 Å². The molecule has 2 aromatic carbocycles. The molecule has 2 aliphatic rings. The Labute approximate surface area is 361 Å². The number of carbonyl (C=O) groups excluding carboxylic acids is 6. The van der Waals surface area contributed by atoms with E-state index in [0.717, 1.165) is 16.7 Å². The Morgan fingerprint density at radius 1 is 1.00 bits per heavy atom. The van der Waals surface area contributed by atoms with E-state index < -0.39 is 56.5 Å². The summed E-state index contributed by atoms with van der Waals surface area (Å²) in [6.45, 7) is 23.8. The lowest BCUT2D eigenvalue weighted by Gasteiger charge is -2.44. The number of hydrogen-bond acceptors (Lipinski definition) is 9. The number of hydrogen-bond donors (Lipinski definition) is 3. The molecule has 332 valence electrons. The zero-order chi connectivity index (χ0) is 45.4. The van der Waals surface area contributed by atoms with Crippen LogP contribution in [-0.2, 0) is 41.3 Å².